The van der Waals surface area contributed by atoms with Crippen LogP contribution in [-0.4, -0.2) is 48.1 Å². The van der Waals surface area contributed by atoms with Gasteiger partial charge in [-0.15, -0.1) is 0 Å². The molecule has 1 saturated heterocycles. The molecule has 0 aromatic heterocycles. The first-order valence-corrected chi connectivity index (χ1v) is 22.2. The van der Waals surface area contributed by atoms with E-state index in [1.54, 1.807) is 42.5 Å². The Morgan fingerprint density at radius 2 is 1.14 bits per heavy atom. The molecule has 10 nitrogen and oxygen atoms in total. The molecule has 65 heavy (non-hydrogen) atoms. The first-order valence-electron chi connectivity index (χ1n) is 22.2. The molecule has 6 aromatic carbocycles. The Balaban J connectivity index is 1.06. The molecule has 8 rings (SSSR count). The summed E-state index contributed by atoms with van der Waals surface area (Å²) < 4.78 is 37.9. The van der Waals surface area contributed by atoms with Crippen molar-refractivity contribution >= 4 is 30.2 Å². The lowest BCUT2D eigenvalue weighted by atomic mass is 9.78. The minimum Gasteiger partial charge on any atom is -0.488 e. The van der Waals surface area contributed by atoms with Gasteiger partial charge in [0.15, 0.2) is 0 Å². The molecule has 1 aliphatic heterocycles. The highest BCUT2D eigenvalue weighted by Crippen LogP contribution is 2.38. The maximum atomic E-state index is 15.0. The van der Waals surface area contributed by atoms with Crippen LogP contribution < -0.4 is 20.3 Å². The smallest absolute Gasteiger partial charge is 0.488 e. The summed E-state index contributed by atoms with van der Waals surface area (Å²) in [5.41, 5.74) is 4.04. The zero-order valence-electron chi connectivity index (χ0n) is 37.3. The Morgan fingerprint density at radius 3 is 1.72 bits per heavy atom. The summed E-state index contributed by atoms with van der Waals surface area (Å²) in [6, 6.07) is 46.1. The van der Waals surface area contributed by atoms with Crippen molar-refractivity contribution in [1.82, 2.24) is 5.32 Å². The third-order valence-electron chi connectivity index (χ3n) is 12.3. The van der Waals surface area contributed by atoms with Crippen molar-refractivity contribution in [3.63, 3.8) is 0 Å². The van der Waals surface area contributed by atoms with Gasteiger partial charge < -0.3 is 33.6 Å². The van der Waals surface area contributed by atoms with Gasteiger partial charge in [0.1, 0.15) is 36.9 Å². The molecule has 0 spiro atoms. The van der Waals surface area contributed by atoms with Crippen molar-refractivity contribution in [3.05, 3.63) is 196 Å². The van der Waals surface area contributed by atoms with Crippen LogP contribution in [0.3, 0.4) is 0 Å². The number of hydrogen-bond acceptors (Lipinski definition) is 9. The Morgan fingerprint density at radius 1 is 0.600 bits per heavy atom. The second kappa shape index (κ2) is 20.1. The normalized spacial score (nSPS) is 17.3. The lowest BCUT2D eigenvalue weighted by molar-refractivity contribution is 0.00578. The number of rotatable bonds is 17. The molecule has 2 fully saturated rings. The van der Waals surface area contributed by atoms with Crippen molar-refractivity contribution in [2.45, 2.75) is 96.7 Å². The molecular formula is C54H54BNO9. The molecule has 1 heterocycles. The van der Waals surface area contributed by atoms with E-state index in [2.05, 4.69) is 5.32 Å². The highest BCUT2D eigenvalue weighted by Gasteiger charge is 2.51. The van der Waals surface area contributed by atoms with E-state index < -0.39 is 30.1 Å². The van der Waals surface area contributed by atoms with Crippen LogP contribution in [0.15, 0.2) is 152 Å². The number of amides is 1. The molecule has 1 aliphatic carbocycles. The van der Waals surface area contributed by atoms with Crippen molar-refractivity contribution < 1.29 is 42.6 Å². The molecule has 2 atom stereocenters. The average Bonchev–Trinajstić information content (AvgIpc) is 3.87. The van der Waals surface area contributed by atoms with Crippen LogP contribution in [-0.2, 0) is 45.2 Å². The fraction of sp³-hybridized carbons (Fsp3) is 0.278. The number of hydrogen-bond donors (Lipinski definition) is 1. The van der Waals surface area contributed by atoms with Crippen LogP contribution in [0.5, 0.6) is 11.5 Å². The number of benzene rings is 6. The first kappa shape index (κ1) is 45.1. The molecule has 0 unspecified atom stereocenters. The minimum atomic E-state index is -0.628. The van der Waals surface area contributed by atoms with Crippen molar-refractivity contribution in [2.75, 3.05) is 0 Å². The topological polar surface area (TPSA) is 119 Å². The summed E-state index contributed by atoms with van der Waals surface area (Å²) in [5, 5.41) is 3.23. The van der Waals surface area contributed by atoms with E-state index in [0.29, 0.717) is 11.1 Å². The van der Waals surface area contributed by atoms with Gasteiger partial charge in [-0.25, -0.2) is 4.79 Å². The summed E-state index contributed by atoms with van der Waals surface area (Å²) in [7, 11) is -0.587. The van der Waals surface area contributed by atoms with Crippen molar-refractivity contribution in [3.8, 4) is 11.5 Å². The Labute approximate surface area is 381 Å². The fourth-order valence-electron chi connectivity index (χ4n) is 8.00. The molecule has 0 bridgehead atoms. The molecule has 6 aromatic rings. The van der Waals surface area contributed by atoms with Gasteiger partial charge in [-0.05, 0) is 105 Å². The lowest BCUT2D eigenvalue weighted by Crippen LogP contribution is -2.41. The van der Waals surface area contributed by atoms with Crippen LogP contribution in [0.4, 0.5) is 0 Å². The predicted molar refractivity (Wildman–Crippen MR) is 249 cm³/mol. The quantitative estimate of drug-likeness (QED) is 0.0543. The van der Waals surface area contributed by atoms with E-state index in [4.69, 9.17) is 28.3 Å². The molecule has 0 radical (unpaired) electrons. The van der Waals surface area contributed by atoms with Gasteiger partial charge in [0, 0.05) is 11.1 Å². The largest absolute Gasteiger partial charge is 0.494 e. The summed E-state index contributed by atoms with van der Waals surface area (Å²) in [6.45, 7) is 8.54. The third kappa shape index (κ3) is 10.9. The van der Waals surface area contributed by atoms with Gasteiger partial charge in [-0.3, -0.25) is 9.59 Å². The molecule has 1 amide bonds. The number of carbonyl (C=O) groups excluding carboxylic acids is 3. The van der Waals surface area contributed by atoms with Gasteiger partial charge in [-0.1, -0.05) is 121 Å². The van der Waals surface area contributed by atoms with Gasteiger partial charge in [0.2, 0.25) is 5.78 Å². The molecule has 1 saturated carbocycles. The maximum absolute atomic E-state index is 15.0. The number of ketones is 1. The summed E-state index contributed by atoms with van der Waals surface area (Å²) in [4.78, 5) is 42.3. The number of carbonyl (C=O) groups is 3. The second-order valence-electron chi connectivity index (χ2n) is 17.5. The van der Waals surface area contributed by atoms with E-state index in [0.717, 1.165) is 41.4 Å². The second-order valence-corrected chi connectivity index (χ2v) is 17.5. The third-order valence-corrected chi connectivity index (χ3v) is 12.3. The van der Waals surface area contributed by atoms with Crippen molar-refractivity contribution in [1.29, 1.82) is 0 Å². The first-order chi connectivity index (χ1) is 31.4. The van der Waals surface area contributed by atoms with E-state index in [-0.39, 0.29) is 72.7 Å². The summed E-state index contributed by atoms with van der Waals surface area (Å²) >= 11 is 0. The number of ether oxygens (including phenoxy) is 4. The van der Waals surface area contributed by atoms with Crippen LogP contribution >= 0.6 is 0 Å². The summed E-state index contributed by atoms with van der Waals surface area (Å²) in [6.07, 6.45) is 2.11. The van der Waals surface area contributed by atoms with E-state index >= 15 is 0 Å². The molecule has 11 heteroatoms. The van der Waals surface area contributed by atoms with Crippen molar-refractivity contribution in [2.24, 2.45) is 0 Å². The van der Waals surface area contributed by atoms with Crippen LogP contribution in [0.25, 0.3) is 0 Å². The van der Waals surface area contributed by atoms with Crippen LogP contribution in [0, 0.1) is 0 Å². The molecule has 1 N–H and O–H groups in total. The standard InChI is InChI=1S/C54H54BNO9/c1-53(2)54(3,4)65-55(64-53)42-25-16-24-41(32-42)51(58)56-45-28-17-29-46(45)60-36-40-30-47(61-33-37-18-8-5-9-19-37)49(48(31-40)62-34-38-20-10-6-11-21-38)50(57)43-26-14-15-27-44(43)52(59)63-35-39-22-12-7-13-23-39/h5-16,18-27,30-32,45-46H,17,28-29,33-36H2,1-4H3,(H,56,58)/t45-,46-/m1/s1. The monoisotopic (exact) mass is 871 g/mol. The molecule has 2 aliphatic rings. The average molecular weight is 872 g/mol. The van der Waals surface area contributed by atoms with Crippen LogP contribution in [0.2, 0.25) is 0 Å². The van der Waals surface area contributed by atoms with E-state index in [1.807, 2.05) is 137 Å². The van der Waals surface area contributed by atoms with Gasteiger partial charge in [0.25, 0.3) is 5.91 Å². The fourth-order valence-corrected chi connectivity index (χ4v) is 8.00. The summed E-state index contributed by atoms with van der Waals surface area (Å²) in [5.74, 6) is -0.749. The molecular weight excluding hydrogens is 817 g/mol. The Kier molecular flexibility index (Phi) is 13.9. The zero-order chi connectivity index (χ0) is 45.4. The van der Waals surface area contributed by atoms with E-state index in [9.17, 15) is 14.4 Å². The highest BCUT2D eigenvalue weighted by molar-refractivity contribution is 6.62. The van der Waals surface area contributed by atoms with Gasteiger partial charge >= 0.3 is 13.1 Å². The Bertz CT molecular complexity index is 2520. The van der Waals surface area contributed by atoms with Gasteiger partial charge in [-0.2, -0.15) is 0 Å². The maximum Gasteiger partial charge on any atom is 0.494 e. The highest BCUT2D eigenvalue weighted by atomic mass is 16.7. The van der Waals surface area contributed by atoms with Crippen LogP contribution in [0.1, 0.15) is 106 Å². The minimum absolute atomic E-state index is 0.0506. The predicted octanol–water partition coefficient (Wildman–Crippen LogP) is 9.60. The van der Waals surface area contributed by atoms with E-state index in [1.165, 1.54) is 0 Å². The SMILES string of the molecule is CC1(C)OB(c2cccc(C(=O)N[C@@H]3CCC[C@H]3OCc3cc(OCc4ccccc4)c(C(=O)c4ccccc4C(=O)OCc4ccccc4)c(OCc4ccccc4)c3)c2)OC1(C)C. The molecule has 332 valence electrons. The lowest BCUT2D eigenvalue weighted by Gasteiger charge is -2.32. The number of esters is 1. The number of nitrogens with one attached hydrogen (secondary N) is 1. The Hall–Kier alpha value is -6.53. The van der Waals surface area contributed by atoms with Gasteiger partial charge in [0.05, 0.1) is 35.5 Å². The zero-order valence-corrected chi connectivity index (χ0v) is 37.3.